The Bertz CT molecular complexity index is 719. The van der Waals surface area contributed by atoms with Crippen LogP contribution in [0.1, 0.15) is 39.7 Å². The third-order valence-electron chi connectivity index (χ3n) is 3.89. The summed E-state index contributed by atoms with van der Waals surface area (Å²) in [6, 6.07) is 8.49. The number of hydrogen-bond acceptors (Lipinski definition) is 4. The molecule has 0 radical (unpaired) electrons. The molecule has 7 heteroatoms. The van der Waals surface area contributed by atoms with E-state index < -0.39 is 5.91 Å². The van der Waals surface area contributed by atoms with Gasteiger partial charge in [0.25, 0.3) is 5.91 Å². The first-order valence-corrected chi connectivity index (χ1v) is 7.60. The fraction of sp³-hybridized carbons (Fsp3) is 0.312. The number of rotatable bonds is 4. The Balaban J connectivity index is 1.70. The van der Waals surface area contributed by atoms with Crippen molar-refractivity contribution in [3.63, 3.8) is 0 Å². The summed E-state index contributed by atoms with van der Waals surface area (Å²) in [6.07, 6.45) is 3.98. The van der Waals surface area contributed by atoms with Crippen LogP contribution in [0.2, 0.25) is 0 Å². The Morgan fingerprint density at radius 1 is 1.35 bits per heavy atom. The zero-order valence-electron chi connectivity index (χ0n) is 12.7. The molecule has 3 rings (SSSR count). The number of nitrogens with one attached hydrogen (secondary N) is 2. The molecular weight excluding hydrogens is 294 g/mol. The molecule has 1 aliphatic rings. The van der Waals surface area contributed by atoms with Crippen molar-refractivity contribution in [2.24, 2.45) is 5.73 Å². The molecule has 0 spiro atoms. The lowest BCUT2D eigenvalue weighted by Gasteiger charge is -2.22. The van der Waals surface area contributed by atoms with E-state index in [9.17, 15) is 9.59 Å². The highest BCUT2D eigenvalue weighted by Crippen LogP contribution is 2.16. The molecule has 2 heterocycles. The third-order valence-corrected chi connectivity index (χ3v) is 3.89. The highest BCUT2D eigenvalue weighted by atomic mass is 16.2. The Labute approximate surface area is 133 Å². The second-order valence-corrected chi connectivity index (χ2v) is 5.58. The zero-order valence-corrected chi connectivity index (χ0v) is 12.7. The molecule has 0 saturated carbocycles. The predicted octanol–water partition coefficient (Wildman–Crippen LogP) is 1.16. The first kappa shape index (κ1) is 15.2. The van der Waals surface area contributed by atoms with Gasteiger partial charge in [0.2, 0.25) is 5.91 Å². The minimum Gasteiger partial charge on any atom is -0.366 e. The summed E-state index contributed by atoms with van der Waals surface area (Å²) < 4.78 is 1.83. The number of benzene rings is 1. The lowest BCUT2D eigenvalue weighted by Crippen LogP contribution is -2.32. The first-order chi connectivity index (χ1) is 11.1. The first-order valence-electron chi connectivity index (χ1n) is 7.60. The smallest absolute Gasteiger partial charge is 0.276 e. The van der Waals surface area contributed by atoms with E-state index >= 15 is 0 Å². The van der Waals surface area contributed by atoms with Crippen LogP contribution in [0.25, 0.3) is 0 Å². The van der Waals surface area contributed by atoms with Crippen LogP contribution in [-0.4, -0.2) is 34.7 Å². The summed E-state index contributed by atoms with van der Waals surface area (Å²) in [5, 5.41) is 10.4. The summed E-state index contributed by atoms with van der Waals surface area (Å²) in [5.41, 5.74) is 6.45. The lowest BCUT2D eigenvalue weighted by molar-refractivity contribution is 0.0995. The molecule has 23 heavy (non-hydrogen) atoms. The van der Waals surface area contributed by atoms with Gasteiger partial charge in [-0.05, 0) is 43.7 Å². The fourth-order valence-electron chi connectivity index (χ4n) is 2.67. The van der Waals surface area contributed by atoms with Crippen molar-refractivity contribution in [2.75, 3.05) is 18.4 Å². The second-order valence-electron chi connectivity index (χ2n) is 5.58. The molecule has 1 aromatic carbocycles. The van der Waals surface area contributed by atoms with Gasteiger partial charge in [0, 0.05) is 24.0 Å². The van der Waals surface area contributed by atoms with Gasteiger partial charge in [0.1, 0.15) is 0 Å². The molecule has 1 atom stereocenters. The summed E-state index contributed by atoms with van der Waals surface area (Å²) in [6.45, 7) is 1.89. The average Bonchev–Trinajstić information content (AvgIpc) is 3.06. The van der Waals surface area contributed by atoms with E-state index in [0.29, 0.717) is 16.9 Å². The van der Waals surface area contributed by atoms with Gasteiger partial charge in [-0.15, -0.1) is 0 Å². The Morgan fingerprint density at radius 2 is 2.22 bits per heavy atom. The molecule has 0 aliphatic carbocycles. The average molecular weight is 313 g/mol. The van der Waals surface area contributed by atoms with Gasteiger partial charge in [-0.1, -0.05) is 6.07 Å². The third kappa shape index (κ3) is 3.57. The summed E-state index contributed by atoms with van der Waals surface area (Å²) in [7, 11) is 0. The standard InChI is InChI=1S/C16H19N5O2/c17-15(22)11-3-1-4-12(9-11)19-16(23)14-6-8-21(20-14)13-5-2-7-18-10-13/h1,3-4,6,8-9,13,18H,2,5,7,10H2,(H2,17,22)(H,19,23). The summed E-state index contributed by atoms with van der Waals surface area (Å²) in [4.78, 5) is 23.4. The van der Waals surface area contributed by atoms with Gasteiger partial charge in [-0.25, -0.2) is 0 Å². The van der Waals surface area contributed by atoms with E-state index in [4.69, 9.17) is 5.73 Å². The molecule has 1 aliphatic heterocycles. The monoisotopic (exact) mass is 313 g/mol. The molecule has 1 unspecified atom stereocenters. The van der Waals surface area contributed by atoms with Crippen LogP contribution >= 0.6 is 0 Å². The summed E-state index contributed by atoms with van der Waals surface area (Å²) >= 11 is 0. The molecule has 1 saturated heterocycles. The van der Waals surface area contributed by atoms with Gasteiger partial charge in [0.05, 0.1) is 6.04 Å². The number of piperidine rings is 1. The lowest BCUT2D eigenvalue weighted by atomic mass is 10.1. The van der Waals surface area contributed by atoms with Crippen LogP contribution in [0.5, 0.6) is 0 Å². The number of nitrogens with zero attached hydrogens (tertiary/aromatic N) is 2. The highest BCUT2D eigenvalue weighted by molar-refractivity contribution is 6.03. The maximum absolute atomic E-state index is 12.3. The molecule has 2 aromatic rings. The number of amides is 2. The predicted molar refractivity (Wildman–Crippen MR) is 86.3 cm³/mol. The molecule has 1 fully saturated rings. The number of carbonyl (C=O) groups is 2. The van der Waals surface area contributed by atoms with Crippen molar-refractivity contribution in [1.82, 2.24) is 15.1 Å². The molecule has 0 bridgehead atoms. The Morgan fingerprint density at radius 3 is 2.96 bits per heavy atom. The molecular formula is C16H19N5O2. The number of nitrogens with two attached hydrogens (primary N) is 1. The van der Waals surface area contributed by atoms with Gasteiger partial charge >= 0.3 is 0 Å². The highest BCUT2D eigenvalue weighted by Gasteiger charge is 2.17. The maximum Gasteiger partial charge on any atom is 0.276 e. The molecule has 1 aromatic heterocycles. The Hall–Kier alpha value is -2.67. The fourth-order valence-corrected chi connectivity index (χ4v) is 2.67. The zero-order chi connectivity index (χ0) is 16.2. The summed E-state index contributed by atoms with van der Waals surface area (Å²) in [5.74, 6) is -0.843. The number of aromatic nitrogens is 2. The van der Waals surface area contributed by atoms with Crippen LogP contribution in [0, 0.1) is 0 Å². The van der Waals surface area contributed by atoms with Crippen LogP contribution in [0.3, 0.4) is 0 Å². The van der Waals surface area contributed by atoms with Crippen LogP contribution < -0.4 is 16.4 Å². The van der Waals surface area contributed by atoms with Crippen molar-refractivity contribution in [3.05, 3.63) is 47.8 Å². The maximum atomic E-state index is 12.3. The largest absolute Gasteiger partial charge is 0.366 e. The number of hydrogen-bond donors (Lipinski definition) is 3. The van der Waals surface area contributed by atoms with E-state index in [1.807, 2.05) is 10.9 Å². The van der Waals surface area contributed by atoms with Crippen LogP contribution in [0.4, 0.5) is 5.69 Å². The van der Waals surface area contributed by atoms with Crippen molar-refractivity contribution in [3.8, 4) is 0 Å². The van der Waals surface area contributed by atoms with E-state index in [0.717, 1.165) is 25.9 Å². The van der Waals surface area contributed by atoms with Crippen molar-refractivity contribution < 1.29 is 9.59 Å². The number of primary amides is 1. The van der Waals surface area contributed by atoms with Crippen LogP contribution in [0.15, 0.2) is 36.5 Å². The number of anilines is 1. The van der Waals surface area contributed by atoms with Gasteiger partial charge < -0.3 is 16.4 Å². The topological polar surface area (TPSA) is 102 Å². The molecule has 7 nitrogen and oxygen atoms in total. The van der Waals surface area contributed by atoms with Gasteiger partial charge in [0.15, 0.2) is 5.69 Å². The van der Waals surface area contributed by atoms with Gasteiger partial charge in [-0.2, -0.15) is 5.10 Å². The van der Waals surface area contributed by atoms with E-state index in [-0.39, 0.29) is 11.9 Å². The van der Waals surface area contributed by atoms with Crippen molar-refractivity contribution in [1.29, 1.82) is 0 Å². The molecule has 120 valence electrons. The van der Waals surface area contributed by atoms with E-state index in [1.165, 1.54) is 0 Å². The van der Waals surface area contributed by atoms with Crippen molar-refractivity contribution in [2.45, 2.75) is 18.9 Å². The molecule has 4 N–H and O–H groups in total. The van der Waals surface area contributed by atoms with Gasteiger partial charge in [-0.3, -0.25) is 14.3 Å². The minimum atomic E-state index is -0.532. The normalized spacial score (nSPS) is 17.7. The SMILES string of the molecule is NC(=O)c1cccc(NC(=O)c2ccn(C3CCCNC3)n2)c1. The second kappa shape index (κ2) is 6.62. The molecule has 2 amide bonds. The quantitative estimate of drug-likeness (QED) is 0.788. The van der Waals surface area contributed by atoms with E-state index in [1.54, 1.807) is 30.3 Å². The number of carbonyl (C=O) groups excluding carboxylic acids is 2. The minimum absolute atomic E-state index is 0.281. The Kier molecular flexibility index (Phi) is 4.38. The van der Waals surface area contributed by atoms with E-state index in [2.05, 4.69) is 15.7 Å². The van der Waals surface area contributed by atoms with Crippen molar-refractivity contribution >= 4 is 17.5 Å². The van der Waals surface area contributed by atoms with Crippen LogP contribution in [-0.2, 0) is 0 Å².